The number of aliphatic imine (C=N–C) groups is 1. The highest BCUT2D eigenvalue weighted by Gasteiger charge is 2.34. The van der Waals surface area contributed by atoms with Crippen molar-refractivity contribution in [1.82, 2.24) is 5.32 Å². The third-order valence-corrected chi connectivity index (χ3v) is 5.27. The number of methoxy groups -OCH3 is 3. The number of alkyl halides is 3. The van der Waals surface area contributed by atoms with Crippen molar-refractivity contribution in [2.75, 3.05) is 21.3 Å². The maximum atomic E-state index is 13.3. The van der Waals surface area contributed by atoms with Crippen molar-refractivity contribution in [3.63, 3.8) is 0 Å². The third-order valence-electron chi connectivity index (χ3n) is 4.12. The van der Waals surface area contributed by atoms with Gasteiger partial charge in [0, 0.05) is 5.02 Å². The smallest absolute Gasteiger partial charge is 0.418 e. The molecule has 0 atom stereocenters. The molecule has 6 nitrogen and oxygen atoms in total. The van der Waals surface area contributed by atoms with Gasteiger partial charge in [0.15, 0.2) is 16.7 Å². The number of thioether (sulfide) groups is 1. The Labute approximate surface area is 185 Å². The summed E-state index contributed by atoms with van der Waals surface area (Å²) in [4.78, 5) is 16.5. The van der Waals surface area contributed by atoms with E-state index in [-0.39, 0.29) is 20.8 Å². The fourth-order valence-electron chi connectivity index (χ4n) is 2.76. The van der Waals surface area contributed by atoms with Crippen LogP contribution in [0.3, 0.4) is 0 Å². The summed E-state index contributed by atoms with van der Waals surface area (Å²) in [6, 6.07) is 6.50. The van der Waals surface area contributed by atoms with E-state index in [1.165, 1.54) is 27.4 Å². The van der Waals surface area contributed by atoms with Gasteiger partial charge in [0.05, 0.1) is 37.5 Å². The van der Waals surface area contributed by atoms with Crippen molar-refractivity contribution in [3.05, 3.63) is 51.4 Å². The average molecular weight is 473 g/mol. The molecule has 0 unspecified atom stereocenters. The zero-order valence-electron chi connectivity index (χ0n) is 16.5. The monoisotopic (exact) mass is 472 g/mol. The Kier molecular flexibility index (Phi) is 6.71. The van der Waals surface area contributed by atoms with Crippen LogP contribution in [0.2, 0.25) is 5.02 Å². The van der Waals surface area contributed by atoms with Gasteiger partial charge in [0.25, 0.3) is 5.91 Å². The molecular formula is C20H16ClF3N2O4S. The second-order valence-electron chi connectivity index (χ2n) is 6.10. The Balaban J connectivity index is 1.95. The molecule has 2 aromatic rings. The maximum Gasteiger partial charge on any atom is 0.418 e. The van der Waals surface area contributed by atoms with Gasteiger partial charge in [-0.1, -0.05) is 11.6 Å². The lowest BCUT2D eigenvalue weighted by atomic mass is 10.1. The summed E-state index contributed by atoms with van der Waals surface area (Å²) in [5, 5.41) is 2.41. The van der Waals surface area contributed by atoms with E-state index in [9.17, 15) is 18.0 Å². The highest BCUT2D eigenvalue weighted by Crippen LogP contribution is 2.41. The second-order valence-corrected chi connectivity index (χ2v) is 7.57. The van der Waals surface area contributed by atoms with Gasteiger partial charge >= 0.3 is 6.18 Å². The first kappa shape index (κ1) is 22.8. The number of amides is 1. The van der Waals surface area contributed by atoms with Crippen molar-refractivity contribution in [3.8, 4) is 17.2 Å². The number of amidine groups is 1. The van der Waals surface area contributed by atoms with Gasteiger partial charge in [-0.2, -0.15) is 13.2 Å². The van der Waals surface area contributed by atoms with Gasteiger partial charge in [0.1, 0.15) is 0 Å². The van der Waals surface area contributed by atoms with Crippen LogP contribution < -0.4 is 19.5 Å². The number of carbonyl (C=O) groups is 1. The number of nitrogens with one attached hydrogen (secondary N) is 1. The SMILES string of the molecule is COc1cc(/C=C2/SC(=Nc3ccc(Cl)cc3C(F)(F)F)NC2=O)cc(OC)c1OC. The van der Waals surface area contributed by atoms with Crippen molar-refractivity contribution in [2.45, 2.75) is 6.18 Å². The molecule has 31 heavy (non-hydrogen) atoms. The predicted octanol–water partition coefficient (Wildman–Crippen LogP) is 5.28. The van der Waals surface area contributed by atoms with Crippen molar-refractivity contribution in [2.24, 2.45) is 4.99 Å². The Morgan fingerprint density at radius 2 is 1.71 bits per heavy atom. The Morgan fingerprint density at radius 1 is 1.06 bits per heavy atom. The third kappa shape index (κ3) is 5.08. The number of rotatable bonds is 5. The predicted molar refractivity (Wildman–Crippen MR) is 113 cm³/mol. The molecular weight excluding hydrogens is 457 g/mol. The van der Waals surface area contributed by atoms with E-state index in [1.807, 2.05) is 0 Å². The summed E-state index contributed by atoms with van der Waals surface area (Å²) >= 11 is 6.59. The second kappa shape index (κ2) is 9.11. The van der Waals surface area contributed by atoms with Gasteiger partial charge in [-0.25, -0.2) is 4.99 Å². The molecule has 1 aliphatic heterocycles. The van der Waals surface area contributed by atoms with Gasteiger partial charge in [-0.3, -0.25) is 4.79 Å². The quantitative estimate of drug-likeness (QED) is 0.600. The fraction of sp³-hybridized carbons (Fsp3) is 0.200. The molecule has 1 amide bonds. The molecule has 0 saturated carbocycles. The van der Waals surface area contributed by atoms with Crippen LogP contribution in [0.1, 0.15) is 11.1 Å². The Morgan fingerprint density at radius 3 is 2.26 bits per heavy atom. The van der Waals surface area contributed by atoms with Crippen LogP contribution in [0.5, 0.6) is 17.2 Å². The van der Waals surface area contributed by atoms with Gasteiger partial charge in [-0.15, -0.1) is 0 Å². The first-order chi connectivity index (χ1) is 14.7. The van der Waals surface area contributed by atoms with E-state index < -0.39 is 17.6 Å². The van der Waals surface area contributed by atoms with Crippen molar-refractivity contribution >= 4 is 46.2 Å². The molecule has 1 saturated heterocycles. The summed E-state index contributed by atoms with van der Waals surface area (Å²) in [6.45, 7) is 0. The number of benzene rings is 2. The molecule has 1 fully saturated rings. The number of carbonyl (C=O) groups excluding carboxylic acids is 1. The molecule has 0 bridgehead atoms. The maximum absolute atomic E-state index is 13.3. The summed E-state index contributed by atoms with van der Waals surface area (Å²) in [6.07, 6.45) is -3.11. The Hall–Kier alpha value is -2.85. The number of ether oxygens (including phenoxy) is 3. The largest absolute Gasteiger partial charge is 0.493 e. The summed E-state index contributed by atoms with van der Waals surface area (Å²) in [7, 11) is 4.38. The minimum absolute atomic E-state index is 0.0107. The molecule has 164 valence electrons. The van der Waals surface area contributed by atoms with Crippen LogP contribution in [-0.4, -0.2) is 32.4 Å². The Bertz CT molecular complexity index is 1060. The number of hydrogen-bond acceptors (Lipinski definition) is 6. The molecule has 0 aromatic heterocycles. The molecule has 2 aromatic carbocycles. The summed E-state index contributed by atoms with van der Waals surface area (Å²) in [5.74, 6) is 0.671. The number of hydrogen-bond donors (Lipinski definition) is 1. The zero-order chi connectivity index (χ0) is 22.8. The van der Waals surface area contributed by atoms with Crippen LogP contribution in [0.15, 0.2) is 40.2 Å². The molecule has 1 heterocycles. The normalized spacial score (nSPS) is 16.5. The summed E-state index contributed by atoms with van der Waals surface area (Å²) in [5.41, 5.74) is -0.783. The average Bonchev–Trinajstić information content (AvgIpc) is 3.06. The highest BCUT2D eigenvalue weighted by molar-refractivity contribution is 8.18. The lowest BCUT2D eigenvalue weighted by Crippen LogP contribution is -2.19. The minimum Gasteiger partial charge on any atom is -0.493 e. The van der Waals surface area contributed by atoms with Gasteiger partial charge < -0.3 is 19.5 Å². The molecule has 1 aliphatic rings. The molecule has 11 heteroatoms. The number of halogens is 4. The summed E-state index contributed by atoms with van der Waals surface area (Å²) < 4.78 is 55.7. The van der Waals surface area contributed by atoms with Crippen LogP contribution >= 0.6 is 23.4 Å². The van der Waals surface area contributed by atoms with Crippen LogP contribution in [-0.2, 0) is 11.0 Å². The molecule has 0 spiro atoms. The van der Waals surface area contributed by atoms with E-state index in [0.29, 0.717) is 22.8 Å². The lowest BCUT2D eigenvalue weighted by molar-refractivity contribution is -0.137. The van der Waals surface area contributed by atoms with E-state index in [4.69, 9.17) is 25.8 Å². The van der Waals surface area contributed by atoms with Crippen molar-refractivity contribution < 1.29 is 32.2 Å². The topological polar surface area (TPSA) is 69.2 Å². The van der Waals surface area contributed by atoms with E-state index in [2.05, 4.69) is 10.3 Å². The number of nitrogens with zero attached hydrogens (tertiary/aromatic N) is 1. The van der Waals surface area contributed by atoms with Crippen LogP contribution in [0, 0.1) is 0 Å². The van der Waals surface area contributed by atoms with Crippen molar-refractivity contribution in [1.29, 1.82) is 0 Å². The lowest BCUT2D eigenvalue weighted by Gasteiger charge is -2.13. The molecule has 3 rings (SSSR count). The fourth-order valence-corrected chi connectivity index (χ4v) is 3.77. The molecule has 1 N–H and O–H groups in total. The first-order valence-corrected chi connectivity index (χ1v) is 9.82. The first-order valence-electron chi connectivity index (χ1n) is 8.62. The molecule has 0 aliphatic carbocycles. The zero-order valence-corrected chi connectivity index (χ0v) is 18.0. The molecule has 0 radical (unpaired) electrons. The van der Waals surface area contributed by atoms with E-state index in [0.717, 1.165) is 23.9 Å². The van der Waals surface area contributed by atoms with Gasteiger partial charge in [0.2, 0.25) is 5.75 Å². The highest BCUT2D eigenvalue weighted by atomic mass is 35.5. The van der Waals surface area contributed by atoms with Crippen LogP contribution in [0.4, 0.5) is 18.9 Å². The minimum atomic E-state index is -4.65. The van der Waals surface area contributed by atoms with Gasteiger partial charge in [-0.05, 0) is 53.7 Å². The van der Waals surface area contributed by atoms with E-state index in [1.54, 1.807) is 18.2 Å². The van der Waals surface area contributed by atoms with E-state index >= 15 is 0 Å². The standard InChI is InChI=1S/C20H16ClF3N2O4S/c1-28-14-6-10(7-15(29-2)17(14)30-3)8-16-18(27)26-19(31-16)25-13-5-4-11(21)9-12(13)20(22,23)24/h4-9H,1-3H3,(H,25,26,27)/b16-8+. The van der Waals surface area contributed by atoms with Crippen LogP contribution in [0.25, 0.3) is 6.08 Å².